The number of hydrogen-bond donors (Lipinski definition) is 0. The fourth-order valence-corrected chi connectivity index (χ4v) is 1.60. The van der Waals surface area contributed by atoms with Gasteiger partial charge < -0.3 is 2.96 Å². The fraction of sp³-hybridized carbons (Fsp3) is 0.143. The highest BCUT2D eigenvalue weighted by Crippen LogP contribution is 2.27. The lowest BCUT2D eigenvalue weighted by Gasteiger charge is -2.09. The van der Waals surface area contributed by atoms with E-state index in [1.807, 2.05) is 0 Å². The van der Waals surface area contributed by atoms with Gasteiger partial charge in [-0.25, -0.2) is 0 Å². The van der Waals surface area contributed by atoms with Crippen molar-refractivity contribution in [3.63, 3.8) is 0 Å². The van der Waals surface area contributed by atoms with Crippen LogP contribution >= 0.6 is 12.4 Å². The van der Waals surface area contributed by atoms with E-state index in [9.17, 15) is 16.1 Å². The van der Waals surface area contributed by atoms with Gasteiger partial charge in [0.15, 0.2) is 0 Å². The lowest BCUT2D eigenvalue weighted by atomic mass is 10.2. The van der Waals surface area contributed by atoms with E-state index in [0.717, 1.165) is 6.07 Å². The third-order valence-corrected chi connectivity index (χ3v) is 2.37. The Kier molecular flexibility index (Phi) is 5.02. The zero-order chi connectivity index (χ0) is 9.19. The van der Waals surface area contributed by atoms with Crippen LogP contribution in [0.25, 0.3) is 0 Å². The number of benzene rings is 1. The minimum absolute atomic E-state index is 0. The quantitative estimate of drug-likeness (QED) is 0.508. The SMILES string of the molecule is Cl.[F][Mg][c]1ccccc1C(F)(F)F. The van der Waals surface area contributed by atoms with Crippen LogP contribution < -0.4 is 3.69 Å². The molecule has 0 amide bonds. The van der Waals surface area contributed by atoms with Crippen molar-refractivity contribution in [2.24, 2.45) is 0 Å². The molecular formula is C7H5ClF4Mg. The van der Waals surface area contributed by atoms with Crippen molar-refractivity contribution >= 4 is 37.0 Å². The first kappa shape index (κ1) is 13.0. The number of hydrogen-bond acceptors (Lipinski definition) is 0. The van der Waals surface area contributed by atoms with E-state index < -0.39 is 32.7 Å². The molecule has 0 radical (unpaired) electrons. The largest absolute Gasteiger partial charge is 0.653 e. The molecule has 1 aromatic rings. The molecule has 0 fully saturated rings. The van der Waals surface area contributed by atoms with Gasteiger partial charge in [-0.2, -0.15) is 13.2 Å². The molecule has 0 aliphatic heterocycles. The maximum absolute atomic E-state index is 12.2. The lowest BCUT2D eigenvalue weighted by Crippen LogP contribution is -2.22. The van der Waals surface area contributed by atoms with Crippen LogP contribution in [-0.4, -0.2) is 20.9 Å². The van der Waals surface area contributed by atoms with Gasteiger partial charge >= 0.3 is 27.1 Å². The molecule has 0 atom stereocenters. The van der Waals surface area contributed by atoms with E-state index in [1.165, 1.54) is 18.2 Å². The van der Waals surface area contributed by atoms with E-state index in [-0.39, 0.29) is 16.1 Å². The summed E-state index contributed by atoms with van der Waals surface area (Å²) in [5.41, 5.74) is -0.834. The first-order chi connectivity index (χ1) is 5.55. The summed E-state index contributed by atoms with van der Waals surface area (Å²) < 4.78 is 48.3. The van der Waals surface area contributed by atoms with E-state index in [2.05, 4.69) is 0 Å². The maximum atomic E-state index is 12.2. The fourth-order valence-electron chi connectivity index (χ4n) is 0.913. The molecule has 0 heterocycles. The lowest BCUT2D eigenvalue weighted by molar-refractivity contribution is -0.136. The summed E-state index contributed by atoms with van der Waals surface area (Å²) in [6.07, 6.45) is -4.42. The second kappa shape index (κ2) is 5.02. The highest BCUT2D eigenvalue weighted by Gasteiger charge is 2.32. The summed E-state index contributed by atoms with van der Waals surface area (Å²) in [6.45, 7) is 0. The highest BCUT2D eigenvalue weighted by molar-refractivity contribution is 6.46. The Morgan fingerprint density at radius 1 is 1.08 bits per heavy atom. The second-order valence-corrected chi connectivity index (χ2v) is 3.32. The number of rotatable bonds is 1. The van der Waals surface area contributed by atoms with Crippen molar-refractivity contribution in [3.05, 3.63) is 29.8 Å². The number of alkyl halides is 3. The molecule has 70 valence electrons. The van der Waals surface area contributed by atoms with Gasteiger partial charge in [0, 0.05) is 5.56 Å². The Balaban J connectivity index is 0.00000144. The molecule has 6 heteroatoms. The standard InChI is InChI=1S/C7H4F3.ClH.FH.Mg/c8-7(9,10)6-4-2-1-3-5-6;;;/h1-4H;2*1H;/q;;;+1/p-1. The van der Waals surface area contributed by atoms with Gasteiger partial charge in [-0.1, -0.05) is 24.3 Å². The van der Waals surface area contributed by atoms with Crippen LogP contribution in [0, 0.1) is 0 Å². The van der Waals surface area contributed by atoms with Crippen molar-refractivity contribution in [1.82, 2.24) is 0 Å². The third-order valence-electron chi connectivity index (χ3n) is 1.47. The summed E-state index contributed by atoms with van der Waals surface area (Å²) in [7, 11) is 0. The van der Waals surface area contributed by atoms with Crippen LogP contribution in [0.15, 0.2) is 24.3 Å². The third kappa shape index (κ3) is 3.32. The summed E-state index contributed by atoms with van der Waals surface area (Å²) in [6, 6.07) is 4.77. The molecule has 0 aliphatic rings. The molecule has 0 unspecified atom stereocenters. The first-order valence-corrected chi connectivity index (χ1v) is 4.51. The molecule has 0 saturated heterocycles. The van der Waals surface area contributed by atoms with Gasteiger partial charge in [-0.3, -0.25) is 0 Å². The van der Waals surface area contributed by atoms with Crippen molar-refractivity contribution in [1.29, 1.82) is 0 Å². The summed E-state index contributed by atoms with van der Waals surface area (Å²) in [4.78, 5) is 0. The molecule has 0 bridgehead atoms. The van der Waals surface area contributed by atoms with Crippen molar-refractivity contribution in [2.75, 3.05) is 0 Å². The summed E-state index contributed by atoms with van der Waals surface area (Å²) >= 11 is -2.24. The normalized spacial score (nSPS) is 10.2. The molecule has 0 N–H and O–H groups in total. The smallest absolute Gasteiger partial charge is 0.475 e. The van der Waals surface area contributed by atoms with Gasteiger partial charge in [0.25, 0.3) is 0 Å². The van der Waals surface area contributed by atoms with Crippen LogP contribution in [-0.2, 0) is 6.18 Å². The van der Waals surface area contributed by atoms with Crippen LogP contribution in [0.5, 0.6) is 0 Å². The van der Waals surface area contributed by atoms with Gasteiger partial charge in [0.1, 0.15) is 0 Å². The minimum atomic E-state index is -4.42. The Bertz CT molecular complexity index is 273. The maximum Gasteiger partial charge on any atom is 0.653 e. The van der Waals surface area contributed by atoms with Gasteiger partial charge in [-0.05, 0) is 0 Å². The predicted molar refractivity (Wildman–Crippen MR) is 45.2 cm³/mol. The van der Waals surface area contributed by atoms with E-state index >= 15 is 0 Å². The van der Waals surface area contributed by atoms with Gasteiger partial charge in [-0.15, -0.1) is 16.1 Å². The summed E-state index contributed by atoms with van der Waals surface area (Å²) in [5, 5.41) is 0. The average Bonchev–Trinajstić information content (AvgIpc) is 2.03. The van der Waals surface area contributed by atoms with Crippen molar-refractivity contribution in [2.45, 2.75) is 6.18 Å². The Morgan fingerprint density at radius 2 is 1.62 bits per heavy atom. The monoisotopic (exact) mass is 224 g/mol. The van der Waals surface area contributed by atoms with Crippen LogP contribution in [0.4, 0.5) is 16.1 Å². The van der Waals surface area contributed by atoms with E-state index in [0.29, 0.717) is 0 Å². The summed E-state index contributed by atoms with van der Waals surface area (Å²) in [5.74, 6) is 0. The van der Waals surface area contributed by atoms with E-state index in [1.54, 1.807) is 0 Å². The zero-order valence-electron chi connectivity index (χ0n) is 6.44. The first-order valence-electron chi connectivity index (χ1n) is 3.27. The van der Waals surface area contributed by atoms with Crippen LogP contribution in [0.1, 0.15) is 5.56 Å². The Hall–Kier alpha value is -0.00377. The molecule has 0 spiro atoms. The number of halogens is 5. The molecule has 0 aliphatic carbocycles. The highest BCUT2D eigenvalue weighted by atomic mass is 35.5. The topological polar surface area (TPSA) is 0 Å². The Labute approximate surface area is 89.2 Å². The molecule has 13 heavy (non-hydrogen) atoms. The molecule has 1 rings (SSSR count). The molecule has 0 nitrogen and oxygen atoms in total. The predicted octanol–water partition coefficient (Wildman–Crippen LogP) is 2.34. The molecule has 0 saturated carbocycles. The van der Waals surface area contributed by atoms with Crippen LogP contribution in [0.3, 0.4) is 0 Å². The molecule has 0 aromatic heterocycles. The minimum Gasteiger partial charge on any atom is -0.475 e. The van der Waals surface area contributed by atoms with E-state index in [4.69, 9.17) is 0 Å². The van der Waals surface area contributed by atoms with Gasteiger partial charge in [0.2, 0.25) is 0 Å². The van der Waals surface area contributed by atoms with Crippen molar-refractivity contribution < 1.29 is 16.1 Å². The second-order valence-electron chi connectivity index (χ2n) is 2.29. The van der Waals surface area contributed by atoms with Crippen molar-refractivity contribution in [3.8, 4) is 0 Å². The molecular weight excluding hydrogens is 220 g/mol. The Morgan fingerprint density at radius 3 is 2.00 bits per heavy atom. The molecule has 1 aromatic carbocycles. The average molecular weight is 225 g/mol. The van der Waals surface area contributed by atoms with Crippen LogP contribution in [0.2, 0.25) is 0 Å². The van der Waals surface area contributed by atoms with Gasteiger partial charge in [0.05, 0.1) is 0 Å². The zero-order valence-corrected chi connectivity index (χ0v) is 8.67.